The van der Waals surface area contributed by atoms with Crippen molar-refractivity contribution in [3.63, 3.8) is 0 Å². The molecule has 0 unspecified atom stereocenters. The molecule has 1 heterocycles. The van der Waals surface area contributed by atoms with Crippen molar-refractivity contribution in [2.24, 2.45) is 0 Å². The van der Waals surface area contributed by atoms with Gasteiger partial charge in [0.05, 0.1) is 6.61 Å². The van der Waals surface area contributed by atoms with Crippen LogP contribution >= 0.6 is 0 Å². The fourth-order valence-electron chi connectivity index (χ4n) is 1.58. The molecule has 0 atom stereocenters. The first kappa shape index (κ1) is 16.5. The molecule has 0 aromatic carbocycles. The average molecular weight is 277 g/mol. The Kier molecular flexibility index (Phi) is 6.49. The summed E-state index contributed by atoms with van der Waals surface area (Å²) in [6.07, 6.45) is 4.87. The summed E-state index contributed by atoms with van der Waals surface area (Å²) in [6.45, 7) is 13.7. The van der Waals surface area contributed by atoms with E-state index in [0.29, 0.717) is 12.5 Å². The number of hydrogen-bond acceptors (Lipinski definition) is 4. The molecule has 0 aliphatic rings. The van der Waals surface area contributed by atoms with Crippen LogP contribution in [0.1, 0.15) is 52.8 Å². The minimum absolute atomic E-state index is 0.0941. The van der Waals surface area contributed by atoms with Gasteiger partial charge in [-0.15, -0.1) is 6.58 Å². The van der Waals surface area contributed by atoms with Gasteiger partial charge in [0.15, 0.2) is 0 Å². The topological polar surface area (TPSA) is 47.0 Å². The zero-order valence-corrected chi connectivity index (χ0v) is 13.2. The van der Waals surface area contributed by atoms with E-state index in [1.165, 1.54) is 0 Å². The molecule has 1 aromatic heterocycles. The van der Waals surface area contributed by atoms with E-state index in [2.05, 4.69) is 49.6 Å². The lowest BCUT2D eigenvalue weighted by molar-refractivity contribution is 0.297. The van der Waals surface area contributed by atoms with Crippen LogP contribution in [-0.2, 0) is 5.41 Å². The van der Waals surface area contributed by atoms with E-state index in [1.807, 2.05) is 12.1 Å². The van der Waals surface area contributed by atoms with Gasteiger partial charge in [0.1, 0.15) is 11.6 Å². The lowest BCUT2D eigenvalue weighted by Crippen LogP contribution is -2.18. The minimum atomic E-state index is -0.0941. The molecule has 0 spiro atoms. The van der Waals surface area contributed by atoms with E-state index in [4.69, 9.17) is 4.74 Å². The second-order valence-corrected chi connectivity index (χ2v) is 5.87. The molecule has 20 heavy (non-hydrogen) atoms. The highest BCUT2D eigenvalue weighted by atomic mass is 16.5. The van der Waals surface area contributed by atoms with Gasteiger partial charge in [0, 0.05) is 18.0 Å². The lowest BCUT2D eigenvalue weighted by atomic mass is 9.96. The van der Waals surface area contributed by atoms with Gasteiger partial charge in [-0.2, -0.15) is 4.98 Å². The number of anilines is 1. The molecule has 0 aliphatic heterocycles. The zero-order valence-electron chi connectivity index (χ0n) is 13.2. The van der Waals surface area contributed by atoms with Crippen LogP contribution in [0.3, 0.4) is 0 Å². The van der Waals surface area contributed by atoms with Crippen LogP contribution in [0.5, 0.6) is 5.88 Å². The van der Waals surface area contributed by atoms with Crippen LogP contribution in [0.25, 0.3) is 0 Å². The summed E-state index contributed by atoms with van der Waals surface area (Å²) in [5.74, 6) is 2.29. The molecule has 0 bridgehead atoms. The van der Waals surface area contributed by atoms with Gasteiger partial charge in [-0.3, -0.25) is 0 Å². The summed E-state index contributed by atoms with van der Waals surface area (Å²) in [5, 5.41) is 3.30. The standard InChI is InChI=1S/C16H27N3O/c1-6-8-9-11-20-14-12-13(17-10-7-2)18-15(19-14)16(3,4)5/h6,12H,1,7-11H2,2-5H3,(H,17,18,19). The van der Waals surface area contributed by atoms with Gasteiger partial charge >= 0.3 is 0 Å². The van der Waals surface area contributed by atoms with Gasteiger partial charge in [-0.05, 0) is 19.3 Å². The Bertz CT molecular complexity index is 424. The second-order valence-electron chi connectivity index (χ2n) is 5.87. The summed E-state index contributed by atoms with van der Waals surface area (Å²) >= 11 is 0. The number of allylic oxidation sites excluding steroid dienone is 1. The molecular formula is C16H27N3O. The summed E-state index contributed by atoms with van der Waals surface area (Å²) in [5.41, 5.74) is -0.0941. The van der Waals surface area contributed by atoms with Gasteiger partial charge in [-0.1, -0.05) is 33.8 Å². The third-order valence-electron chi connectivity index (χ3n) is 2.73. The SMILES string of the molecule is C=CCCCOc1cc(NCCC)nc(C(C)(C)C)n1. The molecule has 0 aliphatic carbocycles. The number of aromatic nitrogens is 2. The van der Waals surface area contributed by atoms with E-state index in [-0.39, 0.29) is 5.41 Å². The summed E-state index contributed by atoms with van der Waals surface area (Å²) in [7, 11) is 0. The third-order valence-corrected chi connectivity index (χ3v) is 2.73. The van der Waals surface area contributed by atoms with Crippen molar-refractivity contribution in [3.8, 4) is 5.88 Å². The molecule has 0 fully saturated rings. The Balaban J connectivity index is 2.83. The lowest BCUT2D eigenvalue weighted by Gasteiger charge is -2.19. The number of ether oxygens (including phenoxy) is 1. The monoisotopic (exact) mass is 277 g/mol. The minimum Gasteiger partial charge on any atom is -0.478 e. The molecule has 112 valence electrons. The molecule has 4 nitrogen and oxygen atoms in total. The molecule has 0 radical (unpaired) electrons. The first-order valence-corrected chi connectivity index (χ1v) is 7.34. The maximum absolute atomic E-state index is 5.73. The van der Waals surface area contributed by atoms with Crippen molar-refractivity contribution in [2.45, 2.75) is 52.4 Å². The molecule has 0 amide bonds. The van der Waals surface area contributed by atoms with Gasteiger partial charge in [-0.25, -0.2) is 4.98 Å². The number of hydrogen-bond donors (Lipinski definition) is 1. The highest BCUT2D eigenvalue weighted by Gasteiger charge is 2.19. The van der Waals surface area contributed by atoms with Crippen LogP contribution < -0.4 is 10.1 Å². The van der Waals surface area contributed by atoms with Gasteiger partial charge in [0.25, 0.3) is 0 Å². The highest BCUT2D eigenvalue weighted by molar-refractivity contribution is 5.39. The number of nitrogens with zero attached hydrogens (tertiary/aromatic N) is 2. The van der Waals surface area contributed by atoms with Crippen LogP contribution in [0.15, 0.2) is 18.7 Å². The molecule has 0 saturated heterocycles. The Morgan fingerprint density at radius 1 is 1.35 bits per heavy atom. The molecule has 1 rings (SSSR count). The van der Waals surface area contributed by atoms with Crippen LogP contribution in [-0.4, -0.2) is 23.1 Å². The smallest absolute Gasteiger partial charge is 0.218 e. The van der Waals surface area contributed by atoms with Crippen LogP contribution in [0.4, 0.5) is 5.82 Å². The summed E-state index contributed by atoms with van der Waals surface area (Å²) < 4.78 is 5.73. The van der Waals surface area contributed by atoms with Gasteiger partial charge < -0.3 is 10.1 Å². The molecule has 1 N–H and O–H groups in total. The van der Waals surface area contributed by atoms with Gasteiger partial charge in [0.2, 0.25) is 5.88 Å². The maximum atomic E-state index is 5.73. The fourth-order valence-corrected chi connectivity index (χ4v) is 1.58. The van der Waals surface area contributed by atoms with Crippen molar-refractivity contribution in [1.29, 1.82) is 0 Å². The van der Waals surface area contributed by atoms with Crippen molar-refractivity contribution in [2.75, 3.05) is 18.5 Å². The van der Waals surface area contributed by atoms with E-state index in [1.54, 1.807) is 0 Å². The molecular weight excluding hydrogens is 250 g/mol. The molecule has 0 saturated carbocycles. The molecule has 4 heteroatoms. The first-order chi connectivity index (χ1) is 9.47. The fraction of sp³-hybridized carbons (Fsp3) is 0.625. The van der Waals surface area contributed by atoms with Crippen molar-refractivity contribution >= 4 is 5.82 Å². The predicted molar refractivity (Wildman–Crippen MR) is 84.4 cm³/mol. The van der Waals surface area contributed by atoms with Crippen molar-refractivity contribution < 1.29 is 4.74 Å². The van der Waals surface area contributed by atoms with E-state index >= 15 is 0 Å². The summed E-state index contributed by atoms with van der Waals surface area (Å²) in [4.78, 5) is 9.08. The predicted octanol–water partition coefficient (Wildman–Crippen LogP) is 3.94. The second kappa shape index (κ2) is 7.88. The Labute approximate surface area is 122 Å². The average Bonchev–Trinajstić information content (AvgIpc) is 2.40. The van der Waals surface area contributed by atoms with E-state index in [0.717, 1.165) is 37.4 Å². The highest BCUT2D eigenvalue weighted by Crippen LogP contribution is 2.23. The number of unbranched alkanes of at least 4 members (excludes halogenated alkanes) is 1. The normalized spacial score (nSPS) is 11.2. The van der Waals surface area contributed by atoms with E-state index < -0.39 is 0 Å². The van der Waals surface area contributed by atoms with Crippen LogP contribution in [0.2, 0.25) is 0 Å². The largest absolute Gasteiger partial charge is 0.478 e. The number of nitrogens with one attached hydrogen (secondary N) is 1. The summed E-state index contributed by atoms with van der Waals surface area (Å²) in [6, 6.07) is 1.87. The van der Waals surface area contributed by atoms with E-state index in [9.17, 15) is 0 Å². The first-order valence-electron chi connectivity index (χ1n) is 7.34. The van der Waals surface area contributed by atoms with Crippen molar-refractivity contribution in [3.05, 3.63) is 24.5 Å². The zero-order chi connectivity index (χ0) is 15.0. The Hall–Kier alpha value is -1.58. The number of rotatable bonds is 8. The Morgan fingerprint density at radius 2 is 2.10 bits per heavy atom. The quantitative estimate of drug-likeness (QED) is 0.577. The third kappa shape index (κ3) is 5.59. The Morgan fingerprint density at radius 3 is 2.70 bits per heavy atom. The van der Waals surface area contributed by atoms with Crippen LogP contribution in [0, 0.1) is 0 Å². The van der Waals surface area contributed by atoms with Crippen molar-refractivity contribution in [1.82, 2.24) is 9.97 Å². The molecule has 1 aromatic rings. The maximum Gasteiger partial charge on any atom is 0.218 e.